The van der Waals surface area contributed by atoms with Crippen molar-refractivity contribution in [3.8, 4) is 5.75 Å². The summed E-state index contributed by atoms with van der Waals surface area (Å²) in [6.45, 7) is 5.31. The summed E-state index contributed by atoms with van der Waals surface area (Å²) in [6, 6.07) is 11.3. The Hall–Kier alpha value is -2.20. The van der Waals surface area contributed by atoms with Crippen LogP contribution >= 0.6 is 11.6 Å². The monoisotopic (exact) mass is 347 g/mol. The van der Waals surface area contributed by atoms with E-state index in [0.717, 1.165) is 12.2 Å². The molecule has 0 aliphatic rings. The predicted molar refractivity (Wildman–Crippen MR) is 97.3 cm³/mol. The quantitative estimate of drug-likeness (QED) is 0.586. The first-order chi connectivity index (χ1) is 11.5. The van der Waals surface area contributed by atoms with Gasteiger partial charge in [-0.05, 0) is 55.7 Å². The lowest BCUT2D eigenvalue weighted by Gasteiger charge is -2.13. The van der Waals surface area contributed by atoms with Crippen LogP contribution in [-0.4, -0.2) is 26.2 Å². The van der Waals surface area contributed by atoms with Gasteiger partial charge in [0, 0.05) is 6.54 Å². The van der Waals surface area contributed by atoms with Gasteiger partial charge >= 0.3 is 5.97 Å². The van der Waals surface area contributed by atoms with E-state index in [2.05, 4.69) is 11.4 Å². The van der Waals surface area contributed by atoms with Gasteiger partial charge in [-0.2, -0.15) is 0 Å². The third-order valence-corrected chi connectivity index (χ3v) is 3.82. The zero-order valence-electron chi connectivity index (χ0n) is 14.2. The van der Waals surface area contributed by atoms with Gasteiger partial charge in [0.2, 0.25) is 0 Å². The first-order valence-corrected chi connectivity index (χ1v) is 8.21. The molecule has 0 spiro atoms. The van der Waals surface area contributed by atoms with Crippen LogP contribution in [0.25, 0.3) is 0 Å². The highest BCUT2D eigenvalue weighted by Gasteiger charge is 2.14. The van der Waals surface area contributed by atoms with Gasteiger partial charge < -0.3 is 14.8 Å². The molecule has 2 aromatic carbocycles. The Morgan fingerprint density at radius 2 is 1.88 bits per heavy atom. The Balaban J connectivity index is 1.87. The molecule has 2 aromatic rings. The fourth-order valence-corrected chi connectivity index (χ4v) is 2.72. The molecule has 0 saturated heterocycles. The second-order valence-electron chi connectivity index (χ2n) is 5.61. The SMILES string of the molecule is COC(=O)c1cccc(Cl)c1NCCCOc1cc(C)cc(C)c1. The van der Waals surface area contributed by atoms with Crippen molar-refractivity contribution < 1.29 is 14.3 Å². The second kappa shape index (κ2) is 8.60. The van der Waals surface area contributed by atoms with E-state index in [-0.39, 0.29) is 0 Å². The molecule has 128 valence electrons. The van der Waals surface area contributed by atoms with Crippen molar-refractivity contribution in [2.75, 3.05) is 25.6 Å². The van der Waals surface area contributed by atoms with E-state index in [1.54, 1.807) is 18.2 Å². The fourth-order valence-electron chi connectivity index (χ4n) is 2.48. The van der Waals surface area contributed by atoms with Gasteiger partial charge in [-0.1, -0.05) is 23.7 Å². The number of hydrogen-bond acceptors (Lipinski definition) is 4. The van der Waals surface area contributed by atoms with E-state index in [1.807, 2.05) is 26.0 Å². The molecule has 24 heavy (non-hydrogen) atoms. The maximum absolute atomic E-state index is 11.8. The van der Waals surface area contributed by atoms with Gasteiger partial charge in [0.1, 0.15) is 5.75 Å². The van der Waals surface area contributed by atoms with Crippen molar-refractivity contribution >= 4 is 23.3 Å². The first kappa shape index (κ1) is 18.1. The average molecular weight is 348 g/mol. The number of esters is 1. The normalized spacial score (nSPS) is 10.3. The molecule has 0 saturated carbocycles. The Morgan fingerprint density at radius 1 is 1.17 bits per heavy atom. The van der Waals surface area contributed by atoms with Crippen molar-refractivity contribution in [3.05, 3.63) is 58.1 Å². The standard InChI is InChI=1S/C19H22ClNO3/c1-13-10-14(2)12-15(11-13)24-9-5-8-21-18-16(19(22)23-3)6-4-7-17(18)20/h4,6-7,10-12,21H,5,8-9H2,1-3H3. The molecule has 2 rings (SSSR count). The summed E-state index contributed by atoms with van der Waals surface area (Å²) in [6.07, 6.45) is 0.777. The van der Waals surface area contributed by atoms with Crippen molar-refractivity contribution in [2.45, 2.75) is 20.3 Å². The second-order valence-corrected chi connectivity index (χ2v) is 6.01. The van der Waals surface area contributed by atoms with Crippen LogP contribution in [0, 0.1) is 13.8 Å². The Labute approximate surface area is 147 Å². The summed E-state index contributed by atoms with van der Waals surface area (Å²) in [7, 11) is 1.35. The summed E-state index contributed by atoms with van der Waals surface area (Å²) < 4.78 is 10.5. The van der Waals surface area contributed by atoms with Crippen molar-refractivity contribution in [3.63, 3.8) is 0 Å². The molecule has 0 aromatic heterocycles. The number of anilines is 1. The highest BCUT2D eigenvalue weighted by Crippen LogP contribution is 2.26. The van der Waals surface area contributed by atoms with E-state index >= 15 is 0 Å². The molecule has 0 unspecified atom stereocenters. The van der Waals surface area contributed by atoms with Crippen molar-refractivity contribution in [2.24, 2.45) is 0 Å². The van der Waals surface area contributed by atoms with Gasteiger partial charge in [-0.25, -0.2) is 4.79 Å². The van der Waals surface area contributed by atoms with Crippen LogP contribution in [0.5, 0.6) is 5.75 Å². The molecule has 0 atom stereocenters. The molecular formula is C19H22ClNO3. The molecule has 0 radical (unpaired) electrons. The van der Waals surface area contributed by atoms with E-state index in [9.17, 15) is 4.79 Å². The van der Waals surface area contributed by atoms with Gasteiger partial charge in [0.15, 0.2) is 0 Å². The number of methoxy groups -OCH3 is 1. The van der Waals surface area contributed by atoms with E-state index in [1.165, 1.54) is 18.2 Å². The van der Waals surface area contributed by atoms with Crippen LogP contribution in [0.1, 0.15) is 27.9 Å². The van der Waals surface area contributed by atoms with E-state index in [4.69, 9.17) is 21.1 Å². The minimum absolute atomic E-state index is 0.411. The van der Waals surface area contributed by atoms with Crippen LogP contribution in [-0.2, 0) is 4.74 Å². The largest absolute Gasteiger partial charge is 0.494 e. The van der Waals surface area contributed by atoms with Gasteiger partial charge in [-0.15, -0.1) is 0 Å². The number of ether oxygens (including phenoxy) is 2. The number of nitrogens with one attached hydrogen (secondary N) is 1. The molecule has 4 nitrogen and oxygen atoms in total. The molecule has 0 amide bonds. The average Bonchev–Trinajstić information content (AvgIpc) is 2.54. The minimum Gasteiger partial charge on any atom is -0.494 e. The lowest BCUT2D eigenvalue weighted by molar-refractivity contribution is 0.0602. The molecule has 0 fully saturated rings. The number of carbonyl (C=O) groups excluding carboxylic acids is 1. The summed E-state index contributed by atoms with van der Waals surface area (Å²) in [5.74, 6) is 0.465. The maximum Gasteiger partial charge on any atom is 0.340 e. The molecule has 0 aliphatic heterocycles. The summed E-state index contributed by atoms with van der Waals surface area (Å²) >= 11 is 6.17. The summed E-state index contributed by atoms with van der Waals surface area (Å²) in [5, 5.41) is 3.69. The topological polar surface area (TPSA) is 47.6 Å². The third kappa shape index (κ3) is 4.90. The zero-order chi connectivity index (χ0) is 17.5. The Kier molecular flexibility index (Phi) is 6.50. The highest BCUT2D eigenvalue weighted by atomic mass is 35.5. The molecule has 0 heterocycles. The van der Waals surface area contributed by atoms with Gasteiger partial charge in [-0.3, -0.25) is 0 Å². The van der Waals surface area contributed by atoms with E-state index in [0.29, 0.717) is 29.4 Å². The number of benzene rings is 2. The van der Waals surface area contributed by atoms with Crippen LogP contribution < -0.4 is 10.1 Å². The number of halogens is 1. The van der Waals surface area contributed by atoms with Crippen LogP contribution in [0.4, 0.5) is 5.69 Å². The van der Waals surface area contributed by atoms with Crippen LogP contribution in [0.2, 0.25) is 5.02 Å². The molecular weight excluding hydrogens is 326 g/mol. The van der Waals surface area contributed by atoms with Crippen molar-refractivity contribution in [1.29, 1.82) is 0 Å². The van der Waals surface area contributed by atoms with Crippen LogP contribution in [0.3, 0.4) is 0 Å². The Bertz CT molecular complexity index is 696. The number of para-hydroxylation sites is 1. The van der Waals surface area contributed by atoms with Crippen LogP contribution in [0.15, 0.2) is 36.4 Å². The lowest BCUT2D eigenvalue weighted by atomic mass is 10.1. The third-order valence-electron chi connectivity index (χ3n) is 3.51. The van der Waals surface area contributed by atoms with Crippen molar-refractivity contribution in [1.82, 2.24) is 0 Å². The number of hydrogen-bond donors (Lipinski definition) is 1. The Morgan fingerprint density at radius 3 is 2.54 bits per heavy atom. The molecule has 0 bridgehead atoms. The minimum atomic E-state index is -0.411. The number of rotatable bonds is 7. The summed E-state index contributed by atoms with van der Waals surface area (Å²) in [5.41, 5.74) is 3.39. The van der Waals surface area contributed by atoms with Gasteiger partial charge in [0.05, 0.1) is 30.0 Å². The maximum atomic E-state index is 11.8. The lowest BCUT2D eigenvalue weighted by Crippen LogP contribution is -2.12. The zero-order valence-corrected chi connectivity index (χ0v) is 14.9. The number of aryl methyl sites for hydroxylation is 2. The fraction of sp³-hybridized carbons (Fsp3) is 0.316. The summed E-state index contributed by atoms with van der Waals surface area (Å²) in [4.78, 5) is 11.8. The predicted octanol–water partition coefficient (Wildman–Crippen LogP) is 4.62. The number of carbonyl (C=O) groups is 1. The smallest absolute Gasteiger partial charge is 0.340 e. The van der Waals surface area contributed by atoms with E-state index < -0.39 is 5.97 Å². The molecule has 0 aliphatic carbocycles. The highest BCUT2D eigenvalue weighted by molar-refractivity contribution is 6.34. The first-order valence-electron chi connectivity index (χ1n) is 7.83. The van der Waals surface area contributed by atoms with Gasteiger partial charge in [0.25, 0.3) is 0 Å². The molecule has 5 heteroatoms. The molecule has 1 N–H and O–H groups in total.